The van der Waals surface area contributed by atoms with Crippen LogP contribution in [0.4, 0.5) is 0 Å². The van der Waals surface area contributed by atoms with Gasteiger partial charge in [-0.25, -0.2) is 4.99 Å². The number of hydrogen-bond donors (Lipinski definition) is 2. The molecule has 48 heavy (non-hydrogen) atoms. The lowest BCUT2D eigenvalue weighted by atomic mass is 9.96. The monoisotopic (exact) mass is 620 g/mol. The molecule has 0 saturated heterocycles. The zero-order valence-corrected chi connectivity index (χ0v) is 26.2. The van der Waals surface area contributed by atoms with Gasteiger partial charge in [-0.2, -0.15) is 5.26 Å². The first-order valence-corrected chi connectivity index (χ1v) is 16.1. The van der Waals surface area contributed by atoms with E-state index in [4.69, 9.17) is 15.1 Å². The lowest BCUT2D eigenvalue weighted by molar-refractivity contribution is 0.670. The zero-order chi connectivity index (χ0) is 32.5. The second-order valence-corrected chi connectivity index (χ2v) is 12.1. The highest BCUT2D eigenvalue weighted by molar-refractivity contribution is 6.10. The summed E-state index contributed by atoms with van der Waals surface area (Å²) in [6.45, 7) is 0. The maximum atomic E-state index is 9.18. The molecule has 6 aromatic rings. The molecule has 1 aliphatic carbocycles. The van der Waals surface area contributed by atoms with Crippen LogP contribution in [0, 0.1) is 11.3 Å². The normalized spacial score (nSPS) is 16.0. The van der Waals surface area contributed by atoms with E-state index < -0.39 is 0 Å². The van der Waals surface area contributed by atoms with Crippen LogP contribution >= 0.6 is 0 Å². The summed E-state index contributed by atoms with van der Waals surface area (Å²) in [4.78, 5) is 4.70. The van der Waals surface area contributed by atoms with E-state index in [0.29, 0.717) is 11.4 Å². The topological polar surface area (TPSA) is 87.3 Å². The quantitative estimate of drug-likeness (QED) is 0.143. The van der Waals surface area contributed by atoms with Gasteiger partial charge in [-0.1, -0.05) is 109 Å². The predicted octanol–water partition coefficient (Wildman–Crippen LogP) is 9.81. The summed E-state index contributed by atoms with van der Waals surface area (Å²) in [6, 6.07) is 39.2. The summed E-state index contributed by atoms with van der Waals surface area (Å²) >= 11 is 0. The van der Waals surface area contributed by atoms with Crippen molar-refractivity contribution in [1.29, 1.82) is 5.26 Å². The van der Waals surface area contributed by atoms with Gasteiger partial charge in [-0.05, 0) is 82.1 Å². The van der Waals surface area contributed by atoms with Crippen molar-refractivity contribution < 1.29 is 4.42 Å². The van der Waals surface area contributed by atoms with Crippen LogP contribution < -0.4 is 11.1 Å². The number of aliphatic imine (C=N–C) groups is 1. The minimum absolute atomic E-state index is 0.190. The Morgan fingerprint density at radius 3 is 2.21 bits per heavy atom. The standard InChI is InChI=1S/C43H32N4O/c44-26-28-9-11-33(12-10-28)37-7-4-8-38-39-25-35(21-23-40(39)48-42(37)38)32-15-13-30(14-16-32)31-17-19-34(20-18-31)43(45)47-41-24-22-36(27-46-41)29-5-2-1-3-6-29/h1-2,4-5,7-25,27,41,46H,3,6H2,(H2,45,47). The van der Waals surface area contributed by atoms with Crippen LogP contribution in [-0.4, -0.2) is 12.0 Å². The number of nitriles is 1. The number of dihydropyridines is 1. The first-order chi connectivity index (χ1) is 23.6. The summed E-state index contributed by atoms with van der Waals surface area (Å²) in [5.41, 5.74) is 18.7. The Morgan fingerprint density at radius 2 is 1.52 bits per heavy atom. The van der Waals surface area contributed by atoms with E-state index in [1.807, 2.05) is 48.7 Å². The number of para-hydroxylation sites is 1. The SMILES string of the molecule is N#Cc1ccc(-c2cccc3c2oc2ccc(-c4ccc(-c5ccc(C(N)=NC6C=CC(C7=CC=CCC7)=CN6)cc5)cc4)cc23)cc1. The molecule has 1 aromatic heterocycles. The Kier molecular flexibility index (Phi) is 7.52. The highest BCUT2D eigenvalue weighted by atomic mass is 16.3. The molecule has 5 nitrogen and oxygen atoms in total. The van der Waals surface area contributed by atoms with Crippen molar-refractivity contribution in [2.75, 3.05) is 0 Å². The summed E-state index contributed by atoms with van der Waals surface area (Å²) in [5, 5.41) is 14.7. The highest BCUT2D eigenvalue weighted by Gasteiger charge is 2.14. The Balaban J connectivity index is 0.988. The van der Waals surface area contributed by atoms with Crippen LogP contribution in [0.5, 0.6) is 0 Å². The van der Waals surface area contributed by atoms with E-state index in [2.05, 4.69) is 108 Å². The fraction of sp³-hybridized carbons (Fsp3) is 0.0698. The van der Waals surface area contributed by atoms with Crippen LogP contribution in [0.1, 0.15) is 24.0 Å². The zero-order valence-electron chi connectivity index (χ0n) is 26.2. The molecule has 0 amide bonds. The van der Waals surface area contributed by atoms with Crippen molar-refractivity contribution >= 4 is 27.8 Å². The Hall–Kier alpha value is -6.38. The second kappa shape index (κ2) is 12.4. The molecular weight excluding hydrogens is 589 g/mol. The predicted molar refractivity (Wildman–Crippen MR) is 196 cm³/mol. The van der Waals surface area contributed by atoms with Crippen LogP contribution in [0.2, 0.25) is 0 Å². The summed E-state index contributed by atoms with van der Waals surface area (Å²) in [7, 11) is 0. The fourth-order valence-electron chi connectivity index (χ4n) is 6.44. The molecule has 2 aliphatic rings. The van der Waals surface area contributed by atoms with Crippen LogP contribution in [-0.2, 0) is 0 Å². The van der Waals surface area contributed by atoms with E-state index in [1.165, 1.54) is 11.1 Å². The molecule has 5 heteroatoms. The van der Waals surface area contributed by atoms with Crippen LogP contribution in [0.15, 0.2) is 166 Å². The summed E-state index contributed by atoms with van der Waals surface area (Å²) < 4.78 is 6.36. The molecule has 2 heterocycles. The maximum Gasteiger partial charge on any atom is 0.143 e. The second-order valence-electron chi connectivity index (χ2n) is 12.1. The number of allylic oxidation sites excluding steroid dienone is 6. The number of furan rings is 1. The van der Waals surface area contributed by atoms with Crippen LogP contribution in [0.25, 0.3) is 55.3 Å². The van der Waals surface area contributed by atoms with Crippen molar-refractivity contribution in [3.05, 3.63) is 168 Å². The van der Waals surface area contributed by atoms with E-state index in [-0.39, 0.29) is 6.17 Å². The number of fused-ring (bicyclic) bond motifs is 3. The molecule has 1 atom stereocenters. The van der Waals surface area contributed by atoms with Crippen molar-refractivity contribution in [3.8, 4) is 39.4 Å². The molecule has 5 aromatic carbocycles. The molecule has 0 saturated carbocycles. The molecule has 230 valence electrons. The van der Waals surface area contributed by atoms with Gasteiger partial charge in [-0.3, -0.25) is 0 Å². The average Bonchev–Trinajstić information content (AvgIpc) is 3.54. The van der Waals surface area contributed by atoms with Gasteiger partial charge in [0.15, 0.2) is 0 Å². The number of nitrogens with two attached hydrogens (primary N) is 1. The van der Waals surface area contributed by atoms with E-state index in [0.717, 1.165) is 73.7 Å². The summed E-state index contributed by atoms with van der Waals surface area (Å²) in [6.07, 6.45) is 14.6. The lowest BCUT2D eigenvalue weighted by Gasteiger charge is -2.18. The Labute approximate surface area is 279 Å². The summed E-state index contributed by atoms with van der Waals surface area (Å²) in [5.74, 6) is 0.502. The smallest absolute Gasteiger partial charge is 0.143 e. The van der Waals surface area contributed by atoms with E-state index >= 15 is 0 Å². The molecule has 0 fully saturated rings. The van der Waals surface area contributed by atoms with Gasteiger partial charge in [0.2, 0.25) is 0 Å². The number of rotatable bonds is 6. The van der Waals surface area contributed by atoms with Gasteiger partial charge in [0, 0.05) is 28.1 Å². The van der Waals surface area contributed by atoms with Gasteiger partial charge in [0.1, 0.15) is 23.2 Å². The molecule has 0 bridgehead atoms. The molecule has 0 radical (unpaired) electrons. The van der Waals surface area contributed by atoms with Crippen molar-refractivity contribution in [3.63, 3.8) is 0 Å². The molecular formula is C43H32N4O. The number of benzene rings is 5. The van der Waals surface area contributed by atoms with Gasteiger partial charge >= 0.3 is 0 Å². The molecule has 1 unspecified atom stereocenters. The highest BCUT2D eigenvalue weighted by Crippen LogP contribution is 2.38. The number of hydrogen-bond acceptors (Lipinski definition) is 4. The number of amidine groups is 1. The fourth-order valence-corrected chi connectivity index (χ4v) is 6.44. The molecule has 1 aliphatic heterocycles. The van der Waals surface area contributed by atoms with Gasteiger partial charge in [0.05, 0.1) is 11.6 Å². The molecule has 3 N–H and O–H groups in total. The van der Waals surface area contributed by atoms with Crippen molar-refractivity contribution in [2.45, 2.75) is 19.0 Å². The third-order valence-corrected chi connectivity index (χ3v) is 9.08. The lowest BCUT2D eigenvalue weighted by Crippen LogP contribution is -2.27. The molecule has 0 spiro atoms. The molecule has 8 rings (SSSR count). The first-order valence-electron chi connectivity index (χ1n) is 16.1. The largest absolute Gasteiger partial charge is 0.455 e. The van der Waals surface area contributed by atoms with Crippen molar-refractivity contribution in [2.24, 2.45) is 10.7 Å². The minimum atomic E-state index is -0.190. The van der Waals surface area contributed by atoms with Gasteiger partial charge < -0.3 is 15.5 Å². The average molecular weight is 621 g/mol. The van der Waals surface area contributed by atoms with E-state index in [9.17, 15) is 5.26 Å². The van der Waals surface area contributed by atoms with Gasteiger partial charge in [-0.15, -0.1) is 0 Å². The van der Waals surface area contributed by atoms with Crippen molar-refractivity contribution in [1.82, 2.24) is 5.32 Å². The Bertz CT molecular complexity index is 2360. The Morgan fingerprint density at radius 1 is 0.812 bits per heavy atom. The van der Waals surface area contributed by atoms with Gasteiger partial charge in [0.25, 0.3) is 0 Å². The first kappa shape index (κ1) is 29.1. The number of nitrogens with one attached hydrogen (secondary N) is 1. The maximum absolute atomic E-state index is 9.18. The third-order valence-electron chi connectivity index (χ3n) is 9.08. The minimum Gasteiger partial charge on any atom is -0.455 e. The third kappa shape index (κ3) is 5.61. The number of nitrogens with zero attached hydrogens (tertiary/aromatic N) is 2. The van der Waals surface area contributed by atoms with Crippen LogP contribution in [0.3, 0.4) is 0 Å². The van der Waals surface area contributed by atoms with E-state index in [1.54, 1.807) is 0 Å².